The minimum atomic E-state index is 0. The average Bonchev–Trinajstić information content (AvgIpc) is 2.82. The van der Waals surface area contributed by atoms with Gasteiger partial charge in [0.2, 0.25) is 5.91 Å². The van der Waals surface area contributed by atoms with E-state index >= 15 is 0 Å². The fourth-order valence-electron chi connectivity index (χ4n) is 2.10. The van der Waals surface area contributed by atoms with Crippen molar-refractivity contribution in [1.82, 2.24) is 5.32 Å². The van der Waals surface area contributed by atoms with E-state index in [-0.39, 0.29) is 18.3 Å². The number of benzene rings is 1. The molecule has 1 atom stereocenters. The van der Waals surface area contributed by atoms with Gasteiger partial charge < -0.3 is 10.6 Å². The number of thioether (sulfide) groups is 1. The quantitative estimate of drug-likeness (QED) is 0.836. The van der Waals surface area contributed by atoms with Gasteiger partial charge >= 0.3 is 0 Å². The van der Waals surface area contributed by atoms with Crippen molar-refractivity contribution < 1.29 is 4.79 Å². The smallest absolute Gasteiger partial charge is 0.224 e. The van der Waals surface area contributed by atoms with Crippen LogP contribution in [0.2, 0.25) is 0 Å². The molecule has 2 rings (SSSR count). The van der Waals surface area contributed by atoms with Gasteiger partial charge in [0.15, 0.2) is 0 Å². The maximum Gasteiger partial charge on any atom is 0.224 e. The zero-order valence-corrected chi connectivity index (χ0v) is 12.1. The first-order chi connectivity index (χ1) is 8.29. The lowest BCUT2D eigenvalue weighted by molar-refractivity contribution is -0.117. The highest BCUT2D eigenvalue weighted by atomic mass is 35.5. The summed E-state index contributed by atoms with van der Waals surface area (Å²) in [6, 6.07) is 7.92. The Morgan fingerprint density at radius 1 is 1.50 bits per heavy atom. The Bertz CT molecular complexity index is 394. The van der Waals surface area contributed by atoms with Gasteiger partial charge in [0.05, 0.1) is 5.69 Å². The molecular weight excluding hydrogens is 268 g/mol. The molecule has 0 spiro atoms. The van der Waals surface area contributed by atoms with E-state index in [1.807, 2.05) is 30.5 Å². The van der Waals surface area contributed by atoms with Crippen LogP contribution in [0.3, 0.4) is 0 Å². The van der Waals surface area contributed by atoms with E-state index in [1.165, 1.54) is 0 Å². The zero-order chi connectivity index (χ0) is 12.1. The number of anilines is 1. The average molecular weight is 287 g/mol. The van der Waals surface area contributed by atoms with Gasteiger partial charge in [0.25, 0.3) is 0 Å². The van der Waals surface area contributed by atoms with Crippen LogP contribution in [-0.4, -0.2) is 25.3 Å². The molecule has 1 unspecified atom stereocenters. The van der Waals surface area contributed by atoms with Crippen LogP contribution in [0.25, 0.3) is 0 Å². The van der Waals surface area contributed by atoms with Crippen molar-refractivity contribution >= 4 is 35.8 Å². The predicted octanol–water partition coefficient (Wildman–Crippen LogP) is 2.77. The minimum absolute atomic E-state index is 0. The van der Waals surface area contributed by atoms with Crippen LogP contribution in [0.4, 0.5) is 5.69 Å². The van der Waals surface area contributed by atoms with Crippen molar-refractivity contribution in [2.45, 2.75) is 17.7 Å². The van der Waals surface area contributed by atoms with Crippen LogP contribution in [0.1, 0.15) is 12.8 Å². The summed E-state index contributed by atoms with van der Waals surface area (Å²) in [5.74, 6) is 0.622. The predicted molar refractivity (Wildman–Crippen MR) is 79.7 cm³/mol. The molecule has 1 aliphatic heterocycles. The number of hydrogen-bond acceptors (Lipinski definition) is 3. The molecule has 5 heteroatoms. The molecule has 1 aromatic rings. The highest BCUT2D eigenvalue weighted by Gasteiger charge is 2.18. The van der Waals surface area contributed by atoms with E-state index in [9.17, 15) is 4.79 Å². The number of carbonyl (C=O) groups is 1. The molecule has 3 nitrogen and oxygen atoms in total. The molecule has 1 amide bonds. The van der Waals surface area contributed by atoms with Crippen molar-refractivity contribution in [3.8, 4) is 0 Å². The summed E-state index contributed by atoms with van der Waals surface area (Å²) in [7, 11) is 0. The van der Waals surface area contributed by atoms with Crippen LogP contribution in [0, 0.1) is 5.92 Å². The summed E-state index contributed by atoms with van der Waals surface area (Å²) in [6.07, 6.45) is 3.75. The first-order valence-electron chi connectivity index (χ1n) is 5.93. The Labute approximate surface area is 119 Å². The topological polar surface area (TPSA) is 41.1 Å². The summed E-state index contributed by atoms with van der Waals surface area (Å²) < 4.78 is 0. The number of para-hydroxylation sites is 1. The van der Waals surface area contributed by atoms with Gasteiger partial charge in [0.1, 0.15) is 0 Å². The number of rotatable bonds is 4. The van der Waals surface area contributed by atoms with Crippen molar-refractivity contribution in [2.24, 2.45) is 5.92 Å². The molecule has 2 N–H and O–H groups in total. The third-order valence-corrected chi connectivity index (χ3v) is 3.81. The lowest BCUT2D eigenvalue weighted by Crippen LogP contribution is -2.18. The van der Waals surface area contributed by atoms with Crippen LogP contribution >= 0.6 is 24.2 Å². The lowest BCUT2D eigenvalue weighted by Gasteiger charge is -2.11. The standard InChI is InChI=1S/C13H18N2OS.ClH/c1-17-12-5-3-2-4-11(12)15-13(16)8-10-6-7-14-9-10;/h2-5,10,14H,6-9H2,1H3,(H,15,16);1H. The second-order valence-corrected chi connectivity index (χ2v) is 5.16. The first-order valence-corrected chi connectivity index (χ1v) is 7.15. The van der Waals surface area contributed by atoms with Crippen LogP contribution < -0.4 is 10.6 Å². The third-order valence-electron chi connectivity index (χ3n) is 3.02. The summed E-state index contributed by atoms with van der Waals surface area (Å²) in [5, 5.41) is 6.28. The third kappa shape index (κ3) is 4.19. The monoisotopic (exact) mass is 286 g/mol. The molecular formula is C13H19ClN2OS. The summed E-state index contributed by atoms with van der Waals surface area (Å²) in [4.78, 5) is 13.0. The molecule has 1 aromatic carbocycles. The number of halogens is 1. The fraction of sp³-hybridized carbons (Fsp3) is 0.462. The summed E-state index contributed by atoms with van der Waals surface area (Å²) in [5.41, 5.74) is 0.927. The van der Waals surface area contributed by atoms with E-state index in [2.05, 4.69) is 10.6 Å². The van der Waals surface area contributed by atoms with Gasteiger partial charge in [-0.3, -0.25) is 4.79 Å². The largest absolute Gasteiger partial charge is 0.325 e. The fourth-order valence-corrected chi connectivity index (χ4v) is 2.65. The van der Waals surface area contributed by atoms with E-state index in [0.29, 0.717) is 12.3 Å². The Balaban J connectivity index is 0.00000162. The zero-order valence-electron chi connectivity index (χ0n) is 10.4. The number of hydrogen-bond donors (Lipinski definition) is 2. The maximum absolute atomic E-state index is 11.9. The highest BCUT2D eigenvalue weighted by molar-refractivity contribution is 7.98. The molecule has 1 heterocycles. The Morgan fingerprint density at radius 2 is 2.28 bits per heavy atom. The minimum Gasteiger partial charge on any atom is -0.325 e. The molecule has 1 aliphatic rings. The summed E-state index contributed by atoms with van der Waals surface area (Å²) >= 11 is 1.65. The van der Waals surface area contributed by atoms with Crippen molar-refractivity contribution in [3.05, 3.63) is 24.3 Å². The van der Waals surface area contributed by atoms with Crippen molar-refractivity contribution in [3.63, 3.8) is 0 Å². The molecule has 1 fully saturated rings. The Kier molecular flexibility index (Phi) is 6.54. The van der Waals surface area contributed by atoms with Crippen LogP contribution in [-0.2, 0) is 4.79 Å². The van der Waals surface area contributed by atoms with Gasteiger partial charge in [0, 0.05) is 11.3 Å². The number of amides is 1. The van der Waals surface area contributed by atoms with E-state index in [0.717, 1.165) is 30.1 Å². The van der Waals surface area contributed by atoms with Gasteiger partial charge in [-0.25, -0.2) is 0 Å². The van der Waals surface area contributed by atoms with E-state index in [4.69, 9.17) is 0 Å². The van der Waals surface area contributed by atoms with Gasteiger partial charge in [-0.15, -0.1) is 24.2 Å². The van der Waals surface area contributed by atoms with Gasteiger partial charge in [-0.2, -0.15) is 0 Å². The van der Waals surface area contributed by atoms with E-state index < -0.39 is 0 Å². The second-order valence-electron chi connectivity index (χ2n) is 4.31. The van der Waals surface area contributed by atoms with E-state index in [1.54, 1.807) is 11.8 Å². The van der Waals surface area contributed by atoms with Crippen molar-refractivity contribution in [2.75, 3.05) is 24.7 Å². The van der Waals surface area contributed by atoms with Crippen molar-refractivity contribution in [1.29, 1.82) is 0 Å². The second kappa shape index (κ2) is 7.67. The Morgan fingerprint density at radius 3 is 2.94 bits per heavy atom. The molecule has 0 bridgehead atoms. The molecule has 0 aromatic heterocycles. The highest BCUT2D eigenvalue weighted by Crippen LogP contribution is 2.25. The number of nitrogens with one attached hydrogen (secondary N) is 2. The maximum atomic E-state index is 11.9. The molecule has 0 saturated carbocycles. The molecule has 1 saturated heterocycles. The van der Waals surface area contributed by atoms with Gasteiger partial charge in [-0.05, 0) is 43.8 Å². The number of carbonyl (C=O) groups excluding carboxylic acids is 1. The lowest BCUT2D eigenvalue weighted by atomic mass is 10.0. The van der Waals surface area contributed by atoms with Crippen LogP contribution in [0.5, 0.6) is 0 Å². The van der Waals surface area contributed by atoms with Crippen LogP contribution in [0.15, 0.2) is 29.2 Å². The SMILES string of the molecule is CSc1ccccc1NC(=O)CC1CCNC1.Cl. The Hall–Kier alpha value is -0.710. The molecule has 100 valence electrons. The van der Waals surface area contributed by atoms with Gasteiger partial charge in [-0.1, -0.05) is 12.1 Å². The molecule has 0 aliphatic carbocycles. The molecule has 0 radical (unpaired) electrons. The first kappa shape index (κ1) is 15.3. The normalized spacial score (nSPS) is 18.2. The summed E-state index contributed by atoms with van der Waals surface area (Å²) in [6.45, 7) is 2.01. The molecule has 18 heavy (non-hydrogen) atoms.